The van der Waals surface area contributed by atoms with Crippen molar-refractivity contribution in [2.24, 2.45) is 0 Å². The van der Waals surface area contributed by atoms with E-state index in [0.717, 1.165) is 17.2 Å². The molecule has 0 aliphatic rings. The number of aromatic nitrogens is 3. The molecule has 1 unspecified atom stereocenters. The summed E-state index contributed by atoms with van der Waals surface area (Å²) in [6.07, 6.45) is 7.28. The Balaban J connectivity index is 2.07. The van der Waals surface area contributed by atoms with Crippen LogP contribution in [0.1, 0.15) is 18.3 Å². The second-order valence-electron chi connectivity index (χ2n) is 4.46. The van der Waals surface area contributed by atoms with Crippen LogP contribution in [0.4, 0.5) is 0 Å². The van der Waals surface area contributed by atoms with Crippen LogP contribution in [0.15, 0.2) is 30.7 Å². The molecule has 5 nitrogen and oxygen atoms in total. The van der Waals surface area contributed by atoms with Gasteiger partial charge in [-0.1, -0.05) is 0 Å². The number of imidazole rings is 1. The molecule has 0 aromatic carbocycles. The summed E-state index contributed by atoms with van der Waals surface area (Å²) in [6, 6.07) is 3.86. The molecule has 1 N–H and O–H groups in total. The predicted molar refractivity (Wildman–Crippen MR) is 80.9 cm³/mol. The third-order valence-electron chi connectivity index (χ3n) is 3.07. The van der Waals surface area contributed by atoms with Crippen molar-refractivity contribution in [3.63, 3.8) is 0 Å². The summed E-state index contributed by atoms with van der Waals surface area (Å²) in [5.41, 5.74) is 1.02. The number of amides is 1. The van der Waals surface area contributed by atoms with Gasteiger partial charge in [-0.25, -0.2) is 9.97 Å². The van der Waals surface area contributed by atoms with E-state index in [-0.39, 0.29) is 11.2 Å². The minimum Gasteiger partial charge on any atom is -0.351 e. The van der Waals surface area contributed by atoms with E-state index in [0.29, 0.717) is 6.54 Å². The number of thioether (sulfide) groups is 1. The maximum absolute atomic E-state index is 11.8. The summed E-state index contributed by atoms with van der Waals surface area (Å²) < 4.78 is 1.91. The standard InChI is InChI=1S/C14H18N4OS/c1-10(20-3)14(19)17-9-12-4-5-16-13(8-12)18-7-6-15-11(18)2/h4-8,10H,9H2,1-3H3,(H,17,19). The Bertz CT molecular complexity index is 596. The highest BCUT2D eigenvalue weighted by Gasteiger charge is 2.10. The summed E-state index contributed by atoms with van der Waals surface area (Å²) in [4.78, 5) is 20.3. The summed E-state index contributed by atoms with van der Waals surface area (Å²) in [5.74, 6) is 1.74. The molecule has 0 spiro atoms. The molecule has 1 atom stereocenters. The SMILES string of the molecule is CSC(C)C(=O)NCc1ccnc(-n2ccnc2C)c1. The predicted octanol–water partition coefficient (Wildman–Crippen LogP) is 1.94. The van der Waals surface area contributed by atoms with Crippen LogP contribution in [0.3, 0.4) is 0 Å². The second kappa shape index (κ2) is 6.56. The average molecular weight is 290 g/mol. The summed E-state index contributed by atoms with van der Waals surface area (Å²) in [5, 5.41) is 2.89. The minimum atomic E-state index is -0.0350. The zero-order valence-corrected chi connectivity index (χ0v) is 12.6. The van der Waals surface area contributed by atoms with Crippen LogP contribution in [0, 0.1) is 6.92 Å². The van der Waals surface area contributed by atoms with Gasteiger partial charge in [0.1, 0.15) is 11.6 Å². The third-order valence-corrected chi connectivity index (χ3v) is 3.99. The number of nitrogens with zero attached hydrogens (tertiary/aromatic N) is 3. The molecule has 0 fully saturated rings. The number of aryl methyl sites for hydroxylation is 1. The van der Waals surface area contributed by atoms with Crippen LogP contribution in [-0.2, 0) is 11.3 Å². The van der Waals surface area contributed by atoms with Crippen molar-refractivity contribution in [1.82, 2.24) is 19.9 Å². The zero-order valence-electron chi connectivity index (χ0n) is 11.8. The molecular formula is C14H18N4OS. The third kappa shape index (κ3) is 3.39. The maximum Gasteiger partial charge on any atom is 0.233 e. The first-order valence-electron chi connectivity index (χ1n) is 6.37. The van der Waals surface area contributed by atoms with Crippen molar-refractivity contribution < 1.29 is 4.79 Å². The van der Waals surface area contributed by atoms with Crippen LogP contribution < -0.4 is 5.32 Å². The van der Waals surface area contributed by atoms with Gasteiger partial charge in [-0.05, 0) is 37.8 Å². The van der Waals surface area contributed by atoms with Gasteiger partial charge in [-0.15, -0.1) is 0 Å². The molecule has 0 saturated carbocycles. The Morgan fingerprint density at radius 3 is 2.90 bits per heavy atom. The molecule has 0 radical (unpaired) electrons. The van der Waals surface area contributed by atoms with Gasteiger partial charge >= 0.3 is 0 Å². The summed E-state index contributed by atoms with van der Waals surface area (Å²) in [7, 11) is 0. The van der Waals surface area contributed by atoms with E-state index < -0.39 is 0 Å². The van der Waals surface area contributed by atoms with Crippen LogP contribution in [-0.4, -0.2) is 31.9 Å². The van der Waals surface area contributed by atoms with E-state index >= 15 is 0 Å². The molecule has 2 rings (SSSR count). The van der Waals surface area contributed by atoms with E-state index in [1.54, 1.807) is 12.4 Å². The first-order chi connectivity index (χ1) is 9.61. The molecule has 0 saturated heterocycles. The molecule has 0 bridgehead atoms. The first kappa shape index (κ1) is 14.6. The van der Waals surface area contributed by atoms with Crippen molar-refractivity contribution in [2.75, 3.05) is 6.26 Å². The fourth-order valence-electron chi connectivity index (χ4n) is 1.76. The van der Waals surface area contributed by atoms with Crippen LogP contribution in [0.5, 0.6) is 0 Å². The number of hydrogen-bond donors (Lipinski definition) is 1. The smallest absolute Gasteiger partial charge is 0.233 e. The average Bonchev–Trinajstić information content (AvgIpc) is 2.90. The fraction of sp³-hybridized carbons (Fsp3) is 0.357. The number of hydrogen-bond acceptors (Lipinski definition) is 4. The van der Waals surface area contributed by atoms with Gasteiger partial charge in [0, 0.05) is 25.1 Å². The Morgan fingerprint density at radius 2 is 2.25 bits per heavy atom. The molecule has 0 aliphatic carbocycles. The topological polar surface area (TPSA) is 59.8 Å². The number of pyridine rings is 1. The molecule has 2 aromatic rings. The normalized spacial score (nSPS) is 12.2. The van der Waals surface area contributed by atoms with Gasteiger partial charge in [-0.3, -0.25) is 9.36 Å². The quantitative estimate of drug-likeness (QED) is 0.914. The molecule has 2 aromatic heterocycles. The minimum absolute atomic E-state index is 0.0350. The van der Waals surface area contributed by atoms with E-state index in [9.17, 15) is 4.79 Å². The second-order valence-corrected chi connectivity index (χ2v) is 5.64. The van der Waals surface area contributed by atoms with Crippen LogP contribution >= 0.6 is 11.8 Å². The highest BCUT2D eigenvalue weighted by Crippen LogP contribution is 2.10. The van der Waals surface area contributed by atoms with Crippen LogP contribution in [0.25, 0.3) is 5.82 Å². The van der Waals surface area contributed by atoms with Crippen molar-refractivity contribution in [2.45, 2.75) is 25.6 Å². The molecule has 20 heavy (non-hydrogen) atoms. The van der Waals surface area contributed by atoms with Gasteiger partial charge in [0.15, 0.2) is 0 Å². The lowest BCUT2D eigenvalue weighted by Gasteiger charge is -2.10. The lowest BCUT2D eigenvalue weighted by atomic mass is 10.2. The summed E-state index contributed by atoms with van der Waals surface area (Å²) >= 11 is 1.53. The van der Waals surface area contributed by atoms with Crippen molar-refractivity contribution in [1.29, 1.82) is 0 Å². The van der Waals surface area contributed by atoms with Gasteiger partial charge in [-0.2, -0.15) is 11.8 Å². The largest absolute Gasteiger partial charge is 0.351 e. The van der Waals surface area contributed by atoms with Crippen LogP contribution in [0.2, 0.25) is 0 Å². The van der Waals surface area contributed by atoms with Crippen molar-refractivity contribution >= 4 is 17.7 Å². The van der Waals surface area contributed by atoms with Gasteiger partial charge in [0.05, 0.1) is 5.25 Å². The van der Waals surface area contributed by atoms with Gasteiger partial charge < -0.3 is 5.32 Å². The Hall–Kier alpha value is -1.82. The molecule has 1 amide bonds. The molecule has 2 heterocycles. The van der Waals surface area contributed by atoms with E-state index in [1.165, 1.54) is 11.8 Å². The van der Waals surface area contributed by atoms with Crippen molar-refractivity contribution in [3.8, 4) is 5.82 Å². The number of rotatable bonds is 5. The monoisotopic (exact) mass is 290 g/mol. The lowest BCUT2D eigenvalue weighted by Crippen LogP contribution is -2.30. The maximum atomic E-state index is 11.8. The molecule has 6 heteroatoms. The number of carbonyl (C=O) groups is 1. The molecular weight excluding hydrogens is 272 g/mol. The zero-order chi connectivity index (χ0) is 14.5. The van der Waals surface area contributed by atoms with E-state index in [2.05, 4.69) is 15.3 Å². The Labute approximate surface area is 122 Å². The van der Waals surface area contributed by atoms with Gasteiger partial charge in [0.25, 0.3) is 0 Å². The van der Waals surface area contributed by atoms with E-state index in [1.807, 2.05) is 43.0 Å². The Kier molecular flexibility index (Phi) is 4.79. The highest BCUT2D eigenvalue weighted by atomic mass is 32.2. The lowest BCUT2D eigenvalue weighted by molar-refractivity contribution is -0.120. The first-order valence-corrected chi connectivity index (χ1v) is 7.66. The molecule has 106 valence electrons. The molecule has 0 aliphatic heterocycles. The van der Waals surface area contributed by atoms with Crippen molar-refractivity contribution in [3.05, 3.63) is 42.1 Å². The number of carbonyl (C=O) groups excluding carboxylic acids is 1. The van der Waals surface area contributed by atoms with E-state index in [4.69, 9.17) is 0 Å². The fourth-order valence-corrected chi connectivity index (χ4v) is 2.06. The number of nitrogens with one attached hydrogen (secondary N) is 1. The van der Waals surface area contributed by atoms with Gasteiger partial charge in [0.2, 0.25) is 5.91 Å². The highest BCUT2D eigenvalue weighted by molar-refractivity contribution is 7.99. The summed E-state index contributed by atoms with van der Waals surface area (Å²) in [6.45, 7) is 4.33. The Morgan fingerprint density at radius 1 is 1.45 bits per heavy atom.